The fourth-order valence-electron chi connectivity index (χ4n) is 1.48. The van der Waals surface area contributed by atoms with Gasteiger partial charge < -0.3 is 15.4 Å². The fourth-order valence-corrected chi connectivity index (χ4v) is 1.94. The van der Waals surface area contributed by atoms with E-state index in [4.69, 9.17) is 0 Å². The van der Waals surface area contributed by atoms with Gasteiger partial charge in [0.1, 0.15) is 11.0 Å². The van der Waals surface area contributed by atoms with E-state index in [9.17, 15) is 10.1 Å². The van der Waals surface area contributed by atoms with Gasteiger partial charge in [-0.15, -0.1) is 0 Å². The van der Waals surface area contributed by atoms with Crippen LogP contribution in [0, 0.1) is 10.1 Å². The average molecular weight is 312 g/mol. The van der Waals surface area contributed by atoms with Crippen molar-refractivity contribution >= 4 is 27.4 Å². The number of nitrogens with one attached hydrogen (secondary N) is 1. The third-order valence-electron chi connectivity index (χ3n) is 2.30. The van der Waals surface area contributed by atoms with Crippen LogP contribution in [-0.4, -0.2) is 26.7 Å². The molecule has 2 rings (SSSR count). The number of hydrogen-bond donors (Lipinski definition) is 1. The van der Waals surface area contributed by atoms with Crippen LogP contribution < -0.4 is 5.32 Å². The standard InChI is InChI=1S/C10H10BrN5O2/c1-12-7-2-3-13-8(4-7)5-15-6-9(11)10(14-15)16(17)18/h2-4,6H,5H2,1H3,(H,12,13). The molecule has 8 heteroatoms. The number of aromatic nitrogens is 3. The number of nitro groups is 1. The first kappa shape index (κ1) is 12.5. The Balaban J connectivity index is 2.23. The topological polar surface area (TPSA) is 85.9 Å². The second-order valence-corrected chi connectivity index (χ2v) is 4.40. The summed E-state index contributed by atoms with van der Waals surface area (Å²) in [5, 5.41) is 17.5. The molecule has 0 spiro atoms. The predicted octanol–water partition coefficient (Wildman–Crippen LogP) is 2.04. The summed E-state index contributed by atoms with van der Waals surface area (Å²) in [6.45, 7) is 0.377. The second kappa shape index (κ2) is 5.13. The molecule has 0 aromatic carbocycles. The lowest BCUT2D eigenvalue weighted by Gasteiger charge is -2.01. The van der Waals surface area contributed by atoms with Gasteiger partial charge in [-0.25, -0.2) is 0 Å². The van der Waals surface area contributed by atoms with Crippen LogP contribution in [0.5, 0.6) is 0 Å². The molecule has 0 atom stereocenters. The summed E-state index contributed by atoms with van der Waals surface area (Å²) in [7, 11) is 1.81. The van der Waals surface area contributed by atoms with Crippen molar-refractivity contribution in [3.63, 3.8) is 0 Å². The van der Waals surface area contributed by atoms with Crippen LogP contribution in [0.15, 0.2) is 29.0 Å². The third-order valence-corrected chi connectivity index (χ3v) is 2.86. The van der Waals surface area contributed by atoms with E-state index in [-0.39, 0.29) is 5.82 Å². The van der Waals surface area contributed by atoms with Gasteiger partial charge in [-0.05, 0) is 33.0 Å². The van der Waals surface area contributed by atoms with Crippen molar-refractivity contribution in [3.05, 3.63) is 44.8 Å². The lowest BCUT2D eigenvalue weighted by Crippen LogP contribution is -2.03. The van der Waals surface area contributed by atoms with Crippen LogP contribution in [-0.2, 0) is 6.54 Å². The van der Waals surface area contributed by atoms with Crippen molar-refractivity contribution in [3.8, 4) is 0 Å². The molecule has 0 bridgehead atoms. The molecule has 1 N–H and O–H groups in total. The normalized spacial score (nSPS) is 10.3. The van der Waals surface area contributed by atoms with E-state index < -0.39 is 4.92 Å². The van der Waals surface area contributed by atoms with E-state index in [2.05, 4.69) is 31.3 Å². The minimum atomic E-state index is -0.530. The van der Waals surface area contributed by atoms with Gasteiger partial charge in [0.2, 0.25) is 0 Å². The molecule has 2 aromatic heterocycles. The number of hydrogen-bond acceptors (Lipinski definition) is 5. The highest BCUT2D eigenvalue weighted by Crippen LogP contribution is 2.22. The number of rotatable bonds is 4. The zero-order valence-electron chi connectivity index (χ0n) is 9.50. The molecule has 0 saturated carbocycles. The van der Waals surface area contributed by atoms with Crippen molar-refractivity contribution in [2.45, 2.75) is 6.54 Å². The summed E-state index contributed by atoms with van der Waals surface area (Å²) in [6.07, 6.45) is 3.24. The van der Waals surface area contributed by atoms with Crippen LogP contribution >= 0.6 is 15.9 Å². The smallest absolute Gasteiger partial charge is 0.388 e. The Kier molecular flexibility index (Phi) is 3.56. The predicted molar refractivity (Wildman–Crippen MR) is 69.5 cm³/mol. The van der Waals surface area contributed by atoms with Crippen LogP contribution in [0.1, 0.15) is 5.69 Å². The molecule has 2 aromatic rings. The maximum Gasteiger partial charge on any atom is 0.404 e. The summed E-state index contributed by atoms with van der Waals surface area (Å²) in [5.74, 6) is -0.195. The molecular weight excluding hydrogens is 302 g/mol. The van der Waals surface area contributed by atoms with Gasteiger partial charge in [0.15, 0.2) is 0 Å². The molecule has 0 aliphatic heterocycles. The van der Waals surface area contributed by atoms with Crippen molar-refractivity contribution in [1.29, 1.82) is 0 Å². The van der Waals surface area contributed by atoms with Crippen molar-refractivity contribution in [2.24, 2.45) is 0 Å². The van der Waals surface area contributed by atoms with E-state index in [1.165, 1.54) is 4.68 Å². The first-order valence-corrected chi connectivity index (χ1v) is 5.89. The van der Waals surface area contributed by atoms with Crippen LogP contribution in [0.25, 0.3) is 0 Å². The average Bonchev–Trinajstić information content (AvgIpc) is 2.70. The van der Waals surface area contributed by atoms with E-state index in [1.54, 1.807) is 12.4 Å². The molecule has 0 saturated heterocycles. The maximum absolute atomic E-state index is 10.7. The molecule has 0 fully saturated rings. The van der Waals surface area contributed by atoms with Crippen molar-refractivity contribution < 1.29 is 4.92 Å². The highest BCUT2D eigenvalue weighted by Gasteiger charge is 2.18. The molecular formula is C10H10BrN5O2. The summed E-state index contributed by atoms with van der Waals surface area (Å²) < 4.78 is 1.83. The lowest BCUT2D eigenvalue weighted by molar-refractivity contribution is -0.390. The molecule has 94 valence electrons. The number of halogens is 1. The van der Waals surface area contributed by atoms with Gasteiger partial charge in [0.25, 0.3) is 0 Å². The number of pyridine rings is 1. The number of nitrogens with zero attached hydrogens (tertiary/aromatic N) is 4. The van der Waals surface area contributed by atoms with Crippen LogP contribution in [0.4, 0.5) is 11.5 Å². The first-order chi connectivity index (χ1) is 8.60. The van der Waals surface area contributed by atoms with Gasteiger partial charge in [0, 0.05) is 18.9 Å². The molecule has 0 aliphatic carbocycles. The summed E-state index contributed by atoms with van der Waals surface area (Å²) in [5.41, 5.74) is 1.70. The Bertz CT molecular complexity index is 583. The molecule has 0 unspecified atom stereocenters. The first-order valence-electron chi connectivity index (χ1n) is 5.10. The van der Waals surface area contributed by atoms with Gasteiger partial charge in [-0.1, -0.05) is 0 Å². The van der Waals surface area contributed by atoms with Crippen LogP contribution in [0.2, 0.25) is 0 Å². The molecule has 2 heterocycles. The molecule has 18 heavy (non-hydrogen) atoms. The Morgan fingerprint density at radius 2 is 2.39 bits per heavy atom. The Morgan fingerprint density at radius 1 is 1.61 bits per heavy atom. The monoisotopic (exact) mass is 311 g/mol. The molecule has 7 nitrogen and oxygen atoms in total. The zero-order valence-corrected chi connectivity index (χ0v) is 11.1. The second-order valence-electron chi connectivity index (χ2n) is 3.54. The quantitative estimate of drug-likeness (QED) is 0.689. The van der Waals surface area contributed by atoms with E-state index in [1.807, 2.05) is 19.2 Å². The Morgan fingerprint density at radius 3 is 3.00 bits per heavy atom. The summed E-state index contributed by atoms with van der Waals surface area (Å²) in [4.78, 5) is 14.3. The van der Waals surface area contributed by atoms with E-state index in [0.29, 0.717) is 11.0 Å². The number of anilines is 1. The molecule has 0 radical (unpaired) electrons. The highest BCUT2D eigenvalue weighted by molar-refractivity contribution is 9.10. The van der Waals surface area contributed by atoms with Gasteiger partial charge in [-0.3, -0.25) is 4.98 Å². The van der Waals surface area contributed by atoms with Gasteiger partial charge in [-0.2, -0.15) is 4.68 Å². The minimum absolute atomic E-state index is 0.195. The Labute approximate surface area is 111 Å². The minimum Gasteiger partial charge on any atom is -0.388 e. The lowest BCUT2D eigenvalue weighted by atomic mass is 10.3. The highest BCUT2D eigenvalue weighted by atomic mass is 79.9. The van der Waals surface area contributed by atoms with Crippen molar-refractivity contribution in [2.75, 3.05) is 12.4 Å². The summed E-state index contributed by atoms with van der Waals surface area (Å²) in [6, 6.07) is 3.70. The Hall–Kier alpha value is -1.96. The molecule has 0 aliphatic rings. The third kappa shape index (κ3) is 2.65. The SMILES string of the molecule is CNc1ccnc(Cn2cc(Br)c([N+](=O)[O-])n2)c1. The summed E-state index contributed by atoms with van der Waals surface area (Å²) >= 11 is 3.10. The van der Waals surface area contributed by atoms with Gasteiger partial charge in [0.05, 0.1) is 17.0 Å². The van der Waals surface area contributed by atoms with Crippen LogP contribution in [0.3, 0.4) is 0 Å². The van der Waals surface area contributed by atoms with E-state index >= 15 is 0 Å². The van der Waals surface area contributed by atoms with Crippen molar-refractivity contribution in [1.82, 2.24) is 14.8 Å². The fraction of sp³-hybridized carbons (Fsp3) is 0.200. The molecule has 0 amide bonds. The van der Waals surface area contributed by atoms with Gasteiger partial charge >= 0.3 is 5.82 Å². The largest absolute Gasteiger partial charge is 0.404 e. The van der Waals surface area contributed by atoms with E-state index in [0.717, 1.165) is 11.4 Å². The maximum atomic E-state index is 10.7. The zero-order chi connectivity index (χ0) is 13.1.